The maximum absolute atomic E-state index is 13.5. The lowest BCUT2D eigenvalue weighted by molar-refractivity contribution is -0.137. The van der Waals surface area contributed by atoms with E-state index in [2.05, 4.69) is 5.32 Å². The molecule has 3 aromatic carbocycles. The van der Waals surface area contributed by atoms with Crippen molar-refractivity contribution in [2.24, 2.45) is 5.92 Å². The van der Waals surface area contributed by atoms with Gasteiger partial charge in [-0.1, -0.05) is 30.3 Å². The predicted octanol–water partition coefficient (Wildman–Crippen LogP) is 4.81. The van der Waals surface area contributed by atoms with Crippen LogP contribution in [0, 0.1) is 5.92 Å². The average Bonchev–Trinajstić information content (AvgIpc) is 3.73. The van der Waals surface area contributed by atoms with Crippen molar-refractivity contribution in [2.75, 3.05) is 31.5 Å². The standard InChI is InChI=1S/C27H24F3N3O3/c28-27(29,30)21-7-3-6-20(14-21)25(35)32-10-12-33(13-11-32)26(36)22-15-18-4-1-2-5-19(18)16-23(22)31-24(34)17-8-9-17/h1-7,14-17H,8-13H2,(H,31,34). The lowest BCUT2D eigenvalue weighted by Gasteiger charge is -2.35. The molecule has 0 aromatic heterocycles. The van der Waals surface area contributed by atoms with Crippen LogP contribution in [0.15, 0.2) is 60.7 Å². The van der Waals surface area contributed by atoms with Crippen molar-refractivity contribution in [3.63, 3.8) is 0 Å². The third kappa shape index (κ3) is 4.91. The lowest BCUT2D eigenvalue weighted by atomic mass is 10.0. The molecule has 6 nitrogen and oxygen atoms in total. The Hall–Kier alpha value is -3.88. The minimum atomic E-state index is -4.53. The van der Waals surface area contributed by atoms with Crippen molar-refractivity contribution in [3.05, 3.63) is 77.4 Å². The van der Waals surface area contributed by atoms with E-state index >= 15 is 0 Å². The van der Waals surface area contributed by atoms with E-state index in [1.165, 1.54) is 17.0 Å². The molecule has 0 spiro atoms. The van der Waals surface area contributed by atoms with Gasteiger partial charge in [0.15, 0.2) is 0 Å². The van der Waals surface area contributed by atoms with Crippen LogP contribution in [-0.4, -0.2) is 53.7 Å². The molecule has 3 amide bonds. The molecule has 1 saturated heterocycles. The van der Waals surface area contributed by atoms with Gasteiger partial charge in [-0.05, 0) is 53.9 Å². The van der Waals surface area contributed by atoms with Gasteiger partial charge in [0.1, 0.15) is 0 Å². The quantitative estimate of drug-likeness (QED) is 0.565. The maximum Gasteiger partial charge on any atom is 0.416 e. The van der Waals surface area contributed by atoms with E-state index in [0.717, 1.165) is 35.7 Å². The Balaban J connectivity index is 1.32. The molecule has 186 valence electrons. The Morgan fingerprint density at radius 3 is 2.00 bits per heavy atom. The zero-order valence-corrected chi connectivity index (χ0v) is 19.3. The highest BCUT2D eigenvalue weighted by molar-refractivity contribution is 6.08. The van der Waals surface area contributed by atoms with Gasteiger partial charge in [0.2, 0.25) is 5.91 Å². The van der Waals surface area contributed by atoms with E-state index < -0.39 is 17.6 Å². The van der Waals surface area contributed by atoms with Crippen LogP contribution in [0.2, 0.25) is 0 Å². The van der Waals surface area contributed by atoms with Crippen LogP contribution in [0.1, 0.15) is 39.1 Å². The molecule has 5 rings (SSSR count). The summed E-state index contributed by atoms with van der Waals surface area (Å²) in [5.74, 6) is -0.894. The third-order valence-electron chi connectivity index (χ3n) is 6.61. The van der Waals surface area contributed by atoms with Gasteiger partial charge in [-0.3, -0.25) is 14.4 Å². The summed E-state index contributed by atoms with van der Waals surface area (Å²) in [5.41, 5.74) is -0.0816. The molecule has 3 aromatic rings. The number of amides is 3. The van der Waals surface area contributed by atoms with Gasteiger partial charge in [-0.25, -0.2) is 0 Å². The number of carbonyl (C=O) groups is 3. The number of nitrogens with zero attached hydrogens (tertiary/aromatic N) is 2. The molecule has 0 radical (unpaired) electrons. The zero-order valence-electron chi connectivity index (χ0n) is 19.3. The molecule has 2 aliphatic rings. The van der Waals surface area contributed by atoms with Gasteiger partial charge in [0.05, 0.1) is 16.8 Å². The zero-order chi connectivity index (χ0) is 25.4. The van der Waals surface area contributed by atoms with E-state index in [9.17, 15) is 27.6 Å². The van der Waals surface area contributed by atoms with Gasteiger partial charge in [-0.2, -0.15) is 13.2 Å². The summed E-state index contributed by atoms with van der Waals surface area (Å²) in [4.78, 5) is 41.8. The number of piperazine rings is 1. The Morgan fingerprint density at radius 1 is 0.778 bits per heavy atom. The average molecular weight is 496 g/mol. The first-order valence-electron chi connectivity index (χ1n) is 11.8. The Morgan fingerprint density at radius 2 is 1.39 bits per heavy atom. The molecule has 0 bridgehead atoms. The molecule has 1 N–H and O–H groups in total. The highest BCUT2D eigenvalue weighted by atomic mass is 19.4. The summed E-state index contributed by atoms with van der Waals surface area (Å²) in [5, 5.41) is 4.67. The number of halogens is 3. The van der Waals surface area contributed by atoms with Gasteiger partial charge in [-0.15, -0.1) is 0 Å². The van der Waals surface area contributed by atoms with Gasteiger partial charge in [0, 0.05) is 37.7 Å². The molecule has 0 atom stereocenters. The molecule has 36 heavy (non-hydrogen) atoms. The molecule has 9 heteroatoms. The summed E-state index contributed by atoms with van der Waals surface area (Å²) in [7, 11) is 0. The largest absolute Gasteiger partial charge is 0.416 e. The predicted molar refractivity (Wildman–Crippen MR) is 129 cm³/mol. The van der Waals surface area contributed by atoms with Crippen molar-refractivity contribution in [1.29, 1.82) is 0 Å². The highest BCUT2D eigenvalue weighted by Gasteiger charge is 2.33. The molecular weight excluding hydrogens is 471 g/mol. The number of benzene rings is 3. The second-order valence-corrected chi connectivity index (χ2v) is 9.17. The van der Waals surface area contributed by atoms with Gasteiger partial charge < -0.3 is 15.1 Å². The lowest BCUT2D eigenvalue weighted by Crippen LogP contribution is -2.50. The van der Waals surface area contributed by atoms with E-state index in [4.69, 9.17) is 0 Å². The van der Waals surface area contributed by atoms with Crippen molar-refractivity contribution >= 4 is 34.2 Å². The third-order valence-corrected chi connectivity index (χ3v) is 6.61. The van der Waals surface area contributed by atoms with E-state index in [0.29, 0.717) is 11.3 Å². The van der Waals surface area contributed by atoms with Crippen molar-refractivity contribution in [2.45, 2.75) is 19.0 Å². The first-order valence-corrected chi connectivity index (χ1v) is 11.8. The topological polar surface area (TPSA) is 69.7 Å². The van der Waals surface area contributed by atoms with Crippen LogP contribution >= 0.6 is 0 Å². The van der Waals surface area contributed by atoms with Crippen molar-refractivity contribution < 1.29 is 27.6 Å². The van der Waals surface area contributed by atoms with Crippen LogP contribution in [-0.2, 0) is 11.0 Å². The summed E-state index contributed by atoms with van der Waals surface area (Å²) in [6, 6.07) is 15.5. The monoisotopic (exact) mass is 495 g/mol. The normalized spacial score (nSPS) is 16.2. The molecule has 0 unspecified atom stereocenters. The Labute approximate surface area is 205 Å². The number of hydrogen-bond donors (Lipinski definition) is 1. The maximum atomic E-state index is 13.5. The fourth-order valence-electron chi connectivity index (χ4n) is 4.40. The second kappa shape index (κ2) is 9.29. The Bertz CT molecular complexity index is 1340. The summed E-state index contributed by atoms with van der Waals surface area (Å²) < 4.78 is 39.1. The number of nitrogens with one attached hydrogen (secondary N) is 1. The first kappa shape index (κ1) is 23.8. The molecular formula is C27H24F3N3O3. The second-order valence-electron chi connectivity index (χ2n) is 9.17. The van der Waals surface area contributed by atoms with Crippen molar-refractivity contribution in [3.8, 4) is 0 Å². The van der Waals surface area contributed by atoms with Crippen LogP contribution in [0.25, 0.3) is 10.8 Å². The minimum absolute atomic E-state index is 0.0233. The first-order chi connectivity index (χ1) is 17.2. The molecule has 1 saturated carbocycles. The summed E-state index contributed by atoms with van der Waals surface area (Å²) >= 11 is 0. The molecule has 1 heterocycles. The minimum Gasteiger partial charge on any atom is -0.335 e. The summed E-state index contributed by atoms with van der Waals surface area (Å²) in [6.07, 6.45) is -2.86. The molecule has 2 fully saturated rings. The number of fused-ring (bicyclic) bond motifs is 1. The van der Waals surface area contributed by atoms with Gasteiger partial charge >= 0.3 is 6.18 Å². The number of hydrogen-bond acceptors (Lipinski definition) is 3. The Kier molecular flexibility index (Phi) is 6.15. The molecule has 1 aliphatic heterocycles. The van der Waals surface area contributed by atoms with Crippen LogP contribution in [0.4, 0.5) is 18.9 Å². The van der Waals surface area contributed by atoms with E-state index in [1.54, 1.807) is 17.0 Å². The number of rotatable bonds is 4. The van der Waals surface area contributed by atoms with Crippen LogP contribution in [0.5, 0.6) is 0 Å². The van der Waals surface area contributed by atoms with Crippen LogP contribution in [0.3, 0.4) is 0 Å². The fraction of sp³-hybridized carbons (Fsp3) is 0.296. The van der Waals surface area contributed by atoms with Gasteiger partial charge in [0.25, 0.3) is 11.8 Å². The van der Waals surface area contributed by atoms with E-state index in [1.807, 2.05) is 24.3 Å². The number of anilines is 1. The SMILES string of the molecule is O=C(Nc1cc2ccccc2cc1C(=O)N1CCN(C(=O)c2cccc(C(F)(F)F)c2)CC1)C1CC1. The number of carbonyl (C=O) groups excluding carboxylic acids is 3. The molecule has 1 aliphatic carbocycles. The van der Waals surface area contributed by atoms with E-state index in [-0.39, 0.29) is 49.5 Å². The number of alkyl halides is 3. The van der Waals surface area contributed by atoms with Crippen molar-refractivity contribution in [1.82, 2.24) is 9.80 Å². The smallest absolute Gasteiger partial charge is 0.335 e. The van der Waals surface area contributed by atoms with Crippen LogP contribution < -0.4 is 5.32 Å². The summed E-state index contributed by atoms with van der Waals surface area (Å²) in [6.45, 7) is 0.842. The fourth-order valence-corrected chi connectivity index (χ4v) is 4.40. The highest BCUT2D eigenvalue weighted by Crippen LogP contribution is 2.33.